The monoisotopic (exact) mass is 595 g/mol. The van der Waals surface area contributed by atoms with Crippen molar-refractivity contribution >= 4 is 39.2 Å². The number of hydrogen-bond acceptors (Lipinski definition) is 7. The molecule has 4 N–H and O–H groups in total. The van der Waals surface area contributed by atoms with Gasteiger partial charge in [-0.25, -0.2) is 13.8 Å². The Hall–Kier alpha value is -5.23. The van der Waals surface area contributed by atoms with Gasteiger partial charge in [-0.3, -0.25) is 19.9 Å². The Morgan fingerprint density at radius 3 is 2.64 bits per heavy atom. The summed E-state index contributed by atoms with van der Waals surface area (Å²) in [6, 6.07) is 12.0. The molecule has 0 saturated carbocycles. The van der Waals surface area contributed by atoms with Crippen molar-refractivity contribution in [3.05, 3.63) is 72.7 Å². The van der Waals surface area contributed by atoms with Gasteiger partial charge in [0.1, 0.15) is 17.2 Å². The van der Waals surface area contributed by atoms with Crippen LogP contribution in [-0.4, -0.2) is 68.1 Å². The smallest absolute Gasteiger partial charge is 0.224 e. The van der Waals surface area contributed by atoms with Gasteiger partial charge in [0.05, 0.1) is 40.0 Å². The highest BCUT2D eigenvalue weighted by Gasteiger charge is 2.21. The number of imidazole rings is 1. The van der Waals surface area contributed by atoms with Crippen molar-refractivity contribution in [3.8, 4) is 33.9 Å². The number of amides is 1. The van der Waals surface area contributed by atoms with Crippen molar-refractivity contribution in [1.82, 2.24) is 35.0 Å². The molecule has 10 nitrogen and oxygen atoms in total. The molecule has 44 heavy (non-hydrogen) atoms. The number of para-hydroxylation sites is 1. The summed E-state index contributed by atoms with van der Waals surface area (Å²) in [4.78, 5) is 30.7. The number of fused-ring (bicyclic) bond motifs is 2. The number of aromatic nitrogens is 6. The fourth-order valence-electron chi connectivity index (χ4n) is 5.08. The maximum absolute atomic E-state index is 16.2. The van der Waals surface area contributed by atoms with Crippen LogP contribution >= 0.6 is 0 Å². The molecule has 6 rings (SSSR count). The molecule has 4 aromatic heterocycles. The molecule has 12 heteroatoms. The molecule has 0 spiro atoms. The standard InChI is InChI=1S/C32H31F2N9O/c1-4-6-26(44)38-22-13-19(15-35-16-22)29-28(34)27-25(17-37-29)41-42-31(27)32-39-24-8-5-7-23(30(24)40-32)18-11-20(33)14-21(12-18)36-9-10-43(2)3/h5,7-8,11-17,36H,4,6,9-10H2,1-3H3,(H,38,44)(H,39,40)(H,41,42). The zero-order chi connectivity index (χ0) is 30.8. The zero-order valence-corrected chi connectivity index (χ0v) is 24.5. The summed E-state index contributed by atoms with van der Waals surface area (Å²) in [6.07, 6.45) is 5.56. The number of nitrogens with one attached hydrogen (secondary N) is 4. The minimum atomic E-state index is -0.607. The summed E-state index contributed by atoms with van der Waals surface area (Å²) >= 11 is 0. The minimum absolute atomic E-state index is 0.0603. The van der Waals surface area contributed by atoms with E-state index in [9.17, 15) is 9.18 Å². The van der Waals surface area contributed by atoms with E-state index in [1.165, 1.54) is 30.7 Å². The normalized spacial score (nSPS) is 11.5. The molecule has 4 heterocycles. The Bertz CT molecular complexity index is 1980. The molecule has 0 fully saturated rings. The van der Waals surface area contributed by atoms with Gasteiger partial charge >= 0.3 is 0 Å². The molecule has 0 unspecified atom stereocenters. The van der Waals surface area contributed by atoms with Crippen LogP contribution in [0.5, 0.6) is 0 Å². The third-order valence-electron chi connectivity index (χ3n) is 7.15. The van der Waals surface area contributed by atoms with E-state index in [2.05, 4.69) is 35.8 Å². The molecule has 0 radical (unpaired) electrons. The van der Waals surface area contributed by atoms with E-state index in [1.807, 2.05) is 50.2 Å². The molecule has 0 aliphatic heterocycles. The number of likely N-dealkylation sites (N-methyl/N-ethyl adjacent to an activating group) is 1. The first-order valence-corrected chi connectivity index (χ1v) is 14.3. The van der Waals surface area contributed by atoms with Gasteiger partial charge < -0.3 is 20.5 Å². The molecular formula is C32H31F2N9O. The van der Waals surface area contributed by atoms with Crippen LogP contribution in [0.15, 0.2) is 61.1 Å². The van der Waals surface area contributed by atoms with E-state index in [-0.39, 0.29) is 28.5 Å². The summed E-state index contributed by atoms with van der Waals surface area (Å²) < 4.78 is 30.8. The lowest BCUT2D eigenvalue weighted by Gasteiger charge is -2.13. The summed E-state index contributed by atoms with van der Waals surface area (Å²) in [5.74, 6) is -0.781. The lowest BCUT2D eigenvalue weighted by Crippen LogP contribution is -2.20. The quantitative estimate of drug-likeness (QED) is 0.148. The lowest BCUT2D eigenvalue weighted by molar-refractivity contribution is -0.116. The van der Waals surface area contributed by atoms with Gasteiger partial charge in [-0.15, -0.1) is 0 Å². The van der Waals surface area contributed by atoms with Gasteiger partial charge in [-0.2, -0.15) is 5.10 Å². The van der Waals surface area contributed by atoms with Gasteiger partial charge in [0, 0.05) is 42.5 Å². The summed E-state index contributed by atoms with van der Waals surface area (Å²) in [7, 11) is 3.95. The second kappa shape index (κ2) is 12.2. The van der Waals surface area contributed by atoms with Crippen LogP contribution in [0.2, 0.25) is 0 Å². The molecule has 0 aliphatic carbocycles. The summed E-state index contributed by atoms with van der Waals surface area (Å²) in [6.45, 7) is 3.37. The van der Waals surface area contributed by atoms with Gasteiger partial charge in [0.2, 0.25) is 5.91 Å². The summed E-state index contributed by atoms with van der Waals surface area (Å²) in [5.41, 5.74) is 4.90. The maximum atomic E-state index is 16.2. The first kappa shape index (κ1) is 28.9. The highest BCUT2D eigenvalue weighted by atomic mass is 19.1. The van der Waals surface area contributed by atoms with Crippen molar-refractivity contribution in [2.75, 3.05) is 37.8 Å². The number of rotatable bonds is 10. The van der Waals surface area contributed by atoms with Crippen LogP contribution < -0.4 is 10.6 Å². The Morgan fingerprint density at radius 2 is 1.82 bits per heavy atom. The second-order valence-corrected chi connectivity index (χ2v) is 10.8. The predicted molar refractivity (Wildman–Crippen MR) is 168 cm³/mol. The van der Waals surface area contributed by atoms with Crippen LogP contribution in [0, 0.1) is 11.6 Å². The van der Waals surface area contributed by atoms with E-state index in [0.717, 1.165) is 12.1 Å². The number of H-pyrrole nitrogens is 2. The van der Waals surface area contributed by atoms with Crippen molar-refractivity contribution in [2.24, 2.45) is 0 Å². The SMILES string of the molecule is CCCC(=O)Nc1cncc(-c2ncc3[nH]nc(-c4nc5c(-c6cc(F)cc(NCCN(C)C)c6)cccc5[nH]4)c3c2F)c1. The highest BCUT2D eigenvalue weighted by Crippen LogP contribution is 2.35. The fraction of sp³-hybridized carbons (Fsp3) is 0.219. The van der Waals surface area contributed by atoms with Gasteiger partial charge in [-0.05, 0) is 56.4 Å². The molecular weight excluding hydrogens is 564 g/mol. The molecule has 0 bridgehead atoms. The van der Waals surface area contributed by atoms with Crippen LogP contribution in [0.1, 0.15) is 19.8 Å². The molecule has 1 amide bonds. The largest absolute Gasteiger partial charge is 0.384 e. The average Bonchev–Trinajstić information content (AvgIpc) is 3.62. The number of hydrogen-bond donors (Lipinski definition) is 4. The molecule has 224 valence electrons. The Kier molecular flexibility index (Phi) is 7.99. The first-order chi connectivity index (χ1) is 21.3. The minimum Gasteiger partial charge on any atom is -0.384 e. The van der Waals surface area contributed by atoms with Crippen molar-refractivity contribution < 1.29 is 13.6 Å². The Labute approximate surface area is 252 Å². The van der Waals surface area contributed by atoms with Crippen molar-refractivity contribution in [3.63, 3.8) is 0 Å². The Morgan fingerprint density at radius 1 is 0.977 bits per heavy atom. The molecule has 0 saturated heterocycles. The predicted octanol–water partition coefficient (Wildman–Crippen LogP) is 6.22. The van der Waals surface area contributed by atoms with Crippen LogP contribution in [0.4, 0.5) is 20.2 Å². The zero-order valence-electron chi connectivity index (χ0n) is 24.5. The molecule has 6 aromatic rings. The lowest BCUT2D eigenvalue weighted by atomic mass is 10.0. The number of carbonyl (C=O) groups excluding carboxylic acids is 1. The van der Waals surface area contributed by atoms with Crippen LogP contribution in [-0.2, 0) is 4.79 Å². The van der Waals surface area contributed by atoms with E-state index in [1.54, 1.807) is 6.07 Å². The van der Waals surface area contributed by atoms with E-state index in [0.29, 0.717) is 64.3 Å². The van der Waals surface area contributed by atoms with Gasteiger partial charge in [0.15, 0.2) is 11.6 Å². The van der Waals surface area contributed by atoms with Gasteiger partial charge in [0.25, 0.3) is 0 Å². The van der Waals surface area contributed by atoms with E-state index in [4.69, 9.17) is 4.98 Å². The number of aromatic amines is 2. The molecule has 0 aliphatic rings. The Balaban J connectivity index is 1.38. The number of pyridine rings is 2. The van der Waals surface area contributed by atoms with Crippen LogP contribution in [0.3, 0.4) is 0 Å². The van der Waals surface area contributed by atoms with Crippen molar-refractivity contribution in [2.45, 2.75) is 19.8 Å². The van der Waals surface area contributed by atoms with E-state index >= 15 is 4.39 Å². The molecule has 0 atom stereocenters. The number of anilines is 2. The van der Waals surface area contributed by atoms with Crippen LogP contribution in [0.25, 0.3) is 55.8 Å². The fourth-order valence-corrected chi connectivity index (χ4v) is 5.08. The highest BCUT2D eigenvalue weighted by molar-refractivity contribution is 5.98. The van der Waals surface area contributed by atoms with E-state index < -0.39 is 5.82 Å². The second-order valence-electron chi connectivity index (χ2n) is 10.8. The average molecular weight is 596 g/mol. The topological polar surface area (TPSA) is 128 Å². The first-order valence-electron chi connectivity index (χ1n) is 14.3. The van der Waals surface area contributed by atoms with Crippen molar-refractivity contribution in [1.29, 1.82) is 0 Å². The number of nitrogens with zero attached hydrogens (tertiary/aromatic N) is 5. The third kappa shape index (κ3) is 5.84. The number of carbonyl (C=O) groups is 1. The maximum Gasteiger partial charge on any atom is 0.224 e. The third-order valence-corrected chi connectivity index (χ3v) is 7.15. The molecule has 2 aromatic carbocycles. The number of halogens is 2. The number of benzene rings is 2. The summed E-state index contributed by atoms with van der Waals surface area (Å²) in [5, 5.41) is 13.5. The van der Waals surface area contributed by atoms with Gasteiger partial charge in [-0.1, -0.05) is 19.1 Å².